The molecule has 2 aromatic rings. The SMILES string of the molecule is O=C(CCOc1ccccc1)N1CCCC(C(=O)N2CCCC2Cc2ccccc2Cl)C1. The van der Waals surface area contributed by atoms with Gasteiger partial charge in [0.2, 0.25) is 11.8 Å². The molecule has 4 rings (SSSR count). The van der Waals surface area contributed by atoms with Crippen LogP contribution in [-0.2, 0) is 16.0 Å². The lowest BCUT2D eigenvalue weighted by Gasteiger charge is -2.36. The highest BCUT2D eigenvalue weighted by atomic mass is 35.5. The maximum Gasteiger partial charge on any atom is 0.227 e. The molecular weight excluding hydrogens is 424 g/mol. The molecule has 2 saturated heterocycles. The van der Waals surface area contributed by atoms with Crippen LogP contribution in [-0.4, -0.2) is 53.9 Å². The third-order valence-corrected chi connectivity index (χ3v) is 6.89. The Morgan fingerprint density at radius 1 is 0.969 bits per heavy atom. The molecule has 0 bridgehead atoms. The lowest BCUT2D eigenvalue weighted by atomic mass is 9.95. The minimum absolute atomic E-state index is 0.0625. The van der Waals surface area contributed by atoms with Gasteiger partial charge in [-0.1, -0.05) is 48.0 Å². The standard InChI is InChI=1S/C26H31ClN2O3/c27-24-13-5-4-8-20(24)18-22-10-7-16-29(22)26(31)21-9-6-15-28(19-21)25(30)14-17-32-23-11-2-1-3-12-23/h1-5,8,11-13,21-22H,6-7,9-10,14-19H2. The smallest absolute Gasteiger partial charge is 0.227 e. The van der Waals surface area contributed by atoms with Gasteiger partial charge in [0, 0.05) is 30.7 Å². The molecule has 0 saturated carbocycles. The second-order valence-electron chi connectivity index (χ2n) is 8.71. The zero-order valence-corrected chi connectivity index (χ0v) is 19.2. The first-order valence-electron chi connectivity index (χ1n) is 11.6. The molecule has 5 nitrogen and oxygen atoms in total. The van der Waals surface area contributed by atoms with Crippen molar-refractivity contribution in [1.29, 1.82) is 0 Å². The molecule has 170 valence electrons. The molecule has 2 amide bonds. The number of carbonyl (C=O) groups excluding carboxylic acids is 2. The Kier molecular flexibility index (Phi) is 7.69. The van der Waals surface area contributed by atoms with E-state index in [-0.39, 0.29) is 23.8 Å². The van der Waals surface area contributed by atoms with E-state index < -0.39 is 0 Å². The van der Waals surface area contributed by atoms with E-state index in [0.29, 0.717) is 19.6 Å². The van der Waals surface area contributed by atoms with Gasteiger partial charge in [-0.25, -0.2) is 0 Å². The Balaban J connectivity index is 1.30. The quantitative estimate of drug-likeness (QED) is 0.615. The molecule has 2 unspecified atom stereocenters. The number of benzene rings is 2. The van der Waals surface area contributed by atoms with Crippen molar-refractivity contribution in [3.05, 3.63) is 65.2 Å². The number of hydrogen-bond donors (Lipinski definition) is 0. The molecule has 2 heterocycles. The zero-order chi connectivity index (χ0) is 22.3. The van der Waals surface area contributed by atoms with Crippen LogP contribution in [0.1, 0.15) is 37.7 Å². The number of amides is 2. The van der Waals surface area contributed by atoms with E-state index in [9.17, 15) is 9.59 Å². The first-order valence-corrected chi connectivity index (χ1v) is 12.0. The van der Waals surface area contributed by atoms with Crippen molar-refractivity contribution in [3.63, 3.8) is 0 Å². The summed E-state index contributed by atoms with van der Waals surface area (Å²) in [6.45, 7) is 2.38. The zero-order valence-electron chi connectivity index (χ0n) is 18.4. The van der Waals surface area contributed by atoms with Gasteiger partial charge in [0.05, 0.1) is 18.9 Å². The molecule has 0 N–H and O–H groups in total. The number of likely N-dealkylation sites (tertiary alicyclic amines) is 2. The summed E-state index contributed by atoms with van der Waals surface area (Å²) in [4.78, 5) is 30.0. The second-order valence-corrected chi connectivity index (χ2v) is 9.12. The fourth-order valence-corrected chi connectivity index (χ4v) is 5.04. The Morgan fingerprint density at radius 2 is 1.72 bits per heavy atom. The van der Waals surface area contributed by atoms with E-state index in [4.69, 9.17) is 16.3 Å². The normalized spacial score (nSPS) is 20.9. The molecular formula is C26H31ClN2O3. The van der Waals surface area contributed by atoms with E-state index >= 15 is 0 Å². The van der Waals surface area contributed by atoms with Gasteiger partial charge < -0.3 is 14.5 Å². The van der Waals surface area contributed by atoms with Crippen LogP contribution in [0, 0.1) is 5.92 Å². The summed E-state index contributed by atoms with van der Waals surface area (Å²) >= 11 is 6.36. The average Bonchev–Trinajstić information content (AvgIpc) is 3.29. The minimum Gasteiger partial charge on any atom is -0.493 e. The number of para-hydroxylation sites is 1. The van der Waals surface area contributed by atoms with Crippen LogP contribution < -0.4 is 4.74 Å². The van der Waals surface area contributed by atoms with Crippen LogP contribution >= 0.6 is 11.6 Å². The Morgan fingerprint density at radius 3 is 2.53 bits per heavy atom. The van der Waals surface area contributed by atoms with Gasteiger partial charge in [-0.2, -0.15) is 0 Å². The number of rotatable bonds is 7. The van der Waals surface area contributed by atoms with E-state index in [2.05, 4.69) is 0 Å². The van der Waals surface area contributed by atoms with Crippen LogP contribution in [0.4, 0.5) is 0 Å². The predicted octanol–water partition coefficient (Wildman–Crippen LogP) is 4.58. The van der Waals surface area contributed by atoms with Gasteiger partial charge >= 0.3 is 0 Å². The first kappa shape index (κ1) is 22.7. The number of hydrogen-bond acceptors (Lipinski definition) is 3. The van der Waals surface area contributed by atoms with E-state index in [1.165, 1.54) is 0 Å². The Bertz CT molecular complexity index is 920. The molecule has 2 atom stereocenters. The summed E-state index contributed by atoms with van der Waals surface area (Å²) < 4.78 is 5.67. The van der Waals surface area contributed by atoms with Gasteiger partial charge in [-0.05, 0) is 55.9 Å². The molecule has 6 heteroatoms. The van der Waals surface area contributed by atoms with Gasteiger partial charge in [0.1, 0.15) is 5.75 Å². The van der Waals surface area contributed by atoms with E-state index in [1.54, 1.807) is 0 Å². The van der Waals surface area contributed by atoms with Crippen molar-refractivity contribution in [2.75, 3.05) is 26.2 Å². The number of piperidine rings is 1. The fraction of sp³-hybridized carbons (Fsp3) is 0.462. The van der Waals surface area contributed by atoms with Crippen molar-refractivity contribution in [2.45, 2.75) is 44.6 Å². The summed E-state index contributed by atoms with van der Waals surface area (Å²) in [5.74, 6) is 0.908. The van der Waals surface area contributed by atoms with Crippen LogP contribution in [0.25, 0.3) is 0 Å². The van der Waals surface area contributed by atoms with Crippen molar-refractivity contribution < 1.29 is 14.3 Å². The summed E-state index contributed by atoms with van der Waals surface area (Å²) in [5.41, 5.74) is 1.10. The highest BCUT2D eigenvalue weighted by Gasteiger charge is 2.36. The molecule has 0 aromatic heterocycles. The van der Waals surface area contributed by atoms with Crippen molar-refractivity contribution in [1.82, 2.24) is 9.80 Å². The van der Waals surface area contributed by atoms with Crippen molar-refractivity contribution >= 4 is 23.4 Å². The van der Waals surface area contributed by atoms with Crippen LogP contribution in [0.3, 0.4) is 0 Å². The molecule has 0 spiro atoms. The van der Waals surface area contributed by atoms with Gasteiger partial charge in [-0.15, -0.1) is 0 Å². The maximum atomic E-state index is 13.4. The summed E-state index contributed by atoms with van der Waals surface area (Å²) in [7, 11) is 0. The lowest BCUT2D eigenvalue weighted by molar-refractivity contribution is -0.141. The highest BCUT2D eigenvalue weighted by Crippen LogP contribution is 2.28. The highest BCUT2D eigenvalue weighted by molar-refractivity contribution is 6.31. The monoisotopic (exact) mass is 454 g/mol. The van der Waals surface area contributed by atoms with Crippen molar-refractivity contribution in [3.8, 4) is 5.75 Å². The number of carbonyl (C=O) groups is 2. The number of ether oxygens (including phenoxy) is 1. The third kappa shape index (κ3) is 5.63. The largest absolute Gasteiger partial charge is 0.493 e. The summed E-state index contributed by atoms with van der Waals surface area (Å²) in [5, 5.41) is 0.763. The molecule has 0 aliphatic carbocycles. The molecule has 0 radical (unpaired) electrons. The van der Waals surface area contributed by atoms with Crippen molar-refractivity contribution in [2.24, 2.45) is 5.92 Å². The van der Waals surface area contributed by atoms with Crippen LogP contribution in [0.5, 0.6) is 5.75 Å². The predicted molar refractivity (Wildman–Crippen MR) is 126 cm³/mol. The lowest BCUT2D eigenvalue weighted by Crippen LogP contribution is -2.48. The van der Waals surface area contributed by atoms with E-state index in [0.717, 1.165) is 61.5 Å². The van der Waals surface area contributed by atoms with E-state index in [1.807, 2.05) is 64.4 Å². The number of nitrogens with zero attached hydrogens (tertiary/aromatic N) is 2. The first-order chi connectivity index (χ1) is 15.6. The molecule has 32 heavy (non-hydrogen) atoms. The topological polar surface area (TPSA) is 49.9 Å². The summed E-state index contributed by atoms with van der Waals surface area (Å²) in [6, 6.07) is 17.6. The van der Waals surface area contributed by atoms with Gasteiger partial charge in [0.25, 0.3) is 0 Å². The minimum atomic E-state index is -0.116. The Hall–Kier alpha value is -2.53. The molecule has 2 fully saturated rings. The van der Waals surface area contributed by atoms with Crippen LogP contribution in [0.2, 0.25) is 5.02 Å². The molecule has 2 aromatic carbocycles. The Labute approximate surface area is 195 Å². The van der Waals surface area contributed by atoms with Crippen LogP contribution in [0.15, 0.2) is 54.6 Å². The van der Waals surface area contributed by atoms with Gasteiger partial charge in [0.15, 0.2) is 0 Å². The molecule has 2 aliphatic rings. The third-order valence-electron chi connectivity index (χ3n) is 6.52. The average molecular weight is 455 g/mol. The fourth-order valence-electron chi connectivity index (χ4n) is 4.83. The summed E-state index contributed by atoms with van der Waals surface area (Å²) in [6.07, 6.45) is 4.85. The molecule has 2 aliphatic heterocycles. The number of halogens is 1. The second kappa shape index (κ2) is 10.9. The maximum absolute atomic E-state index is 13.4. The van der Waals surface area contributed by atoms with Gasteiger partial charge in [-0.3, -0.25) is 9.59 Å².